The molecule has 1 fully saturated rings. The molecule has 0 radical (unpaired) electrons. The Bertz CT molecular complexity index is 698. The summed E-state index contributed by atoms with van der Waals surface area (Å²) in [5.74, 6) is 1.33. The Kier molecular flexibility index (Phi) is 5.59. The number of alkyl halides is 1. The number of ether oxygens (including phenoxy) is 1. The van der Waals surface area contributed by atoms with Crippen LogP contribution in [0.3, 0.4) is 0 Å². The molecule has 2 unspecified atom stereocenters. The molecule has 8 heteroatoms. The van der Waals surface area contributed by atoms with Crippen LogP contribution in [0.4, 0.5) is 5.13 Å². The minimum absolute atomic E-state index is 0.205. The van der Waals surface area contributed by atoms with E-state index < -0.39 is 10.9 Å². The summed E-state index contributed by atoms with van der Waals surface area (Å²) in [7, 11) is 0. The average Bonchev–Trinajstić information content (AvgIpc) is 3.13. The second kappa shape index (κ2) is 7.51. The number of β-amino-alcohol motifs (C(OH)–C–C–N with tert-alkyl or cyclic N) is 1. The van der Waals surface area contributed by atoms with Crippen LogP contribution in [0.2, 0.25) is 0 Å². The second-order valence-corrected chi connectivity index (χ2v) is 7.40. The zero-order valence-corrected chi connectivity index (χ0v) is 15.2. The van der Waals surface area contributed by atoms with Gasteiger partial charge in [-0.2, -0.15) is 4.98 Å². The Morgan fingerprint density at radius 1 is 1.54 bits per heavy atom. The summed E-state index contributed by atoms with van der Waals surface area (Å²) < 4.78 is 5.72. The highest BCUT2D eigenvalue weighted by atomic mass is 35.5. The normalized spacial score (nSPS) is 24.8. The van der Waals surface area contributed by atoms with Crippen LogP contribution >= 0.6 is 22.9 Å². The smallest absolute Gasteiger partial charge is 0.290 e. The van der Waals surface area contributed by atoms with Gasteiger partial charge in [0.2, 0.25) is 6.23 Å². The molecule has 0 spiro atoms. The number of halogens is 1. The number of aromatic nitrogens is 1. The second-order valence-electron chi connectivity index (χ2n) is 6.01. The van der Waals surface area contributed by atoms with Crippen LogP contribution in [-0.4, -0.2) is 53.5 Å². The van der Waals surface area contributed by atoms with E-state index >= 15 is 0 Å². The van der Waals surface area contributed by atoms with Crippen LogP contribution < -0.4 is 9.38 Å². The zero-order valence-electron chi connectivity index (χ0n) is 13.7. The van der Waals surface area contributed by atoms with Crippen molar-refractivity contribution in [3.63, 3.8) is 0 Å². The lowest BCUT2D eigenvalue weighted by Crippen LogP contribution is -2.48. The van der Waals surface area contributed by atoms with Crippen molar-refractivity contribution in [1.82, 2.24) is 14.5 Å². The van der Waals surface area contributed by atoms with Gasteiger partial charge in [0.1, 0.15) is 12.4 Å². The predicted molar refractivity (Wildman–Crippen MR) is 98.4 cm³/mol. The Labute approximate surface area is 150 Å². The quantitative estimate of drug-likeness (QED) is 0.460. The lowest BCUT2D eigenvalue weighted by atomic mass is 10.3. The van der Waals surface area contributed by atoms with Crippen LogP contribution in [-0.2, 0) is 0 Å². The van der Waals surface area contributed by atoms with Crippen LogP contribution in [0.1, 0.15) is 19.8 Å². The van der Waals surface area contributed by atoms with E-state index in [9.17, 15) is 10.3 Å². The maximum atomic E-state index is 13.2. The fraction of sp³-hybridized carbons (Fsp3) is 0.562. The number of rotatable bonds is 7. The van der Waals surface area contributed by atoms with Gasteiger partial charge < -0.3 is 15.1 Å². The Morgan fingerprint density at radius 2 is 2.38 bits per heavy atom. The van der Waals surface area contributed by atoms with Gasteiger partial charge in [-0.05, 0) is 31.0 Å². The highest BCUT2D eigenvalue weighted by molar-refractivity contribution is 7.22. The number of quaternary nitrogens is 1. The molecule has 0 bridgehead atoms. The Morgan fingerprint density at radius 3 is 3.12 bits per heavy atom. The molecule has 0 amide bonds. The molecule has 6 nitrogen and oxygen atoms in total. The number of hydroxylamine groups is 2. The van der Waals surface area contributed by atoms with E-state index in [1.54, 1.807) is 0 Å². The van der Waals surface area contributed by atoms with Crippen LogP contribution in [0.5, 0.6) is 5.75 Å². The fourth-order valence-corrected chi connectivity index (χ4v) is 4.00. The number of nitrogens with zero attached hydrogens (tertiary/aromatic N) is 3. The fourth-order valence-electron chi connectivity index (χ4n) is 2.81. The number of hydrogen-bond donors (Lipinski definition) is 1. The van der Waals surface area contributed by atoms with Crippen molar-refractivity contribution < 1.29 is 9.84 Å². The number of hydrogen-bond acceptors (Lipinski definition) is 6. The molecule has 0 aliphatic carbocycles. The van der Waals surface area contributed by atoms with Gasteiger partial charge >= 0.3 is 0 Å². The molecule has 0 saturated carbocycles. The van der Waals surface area contributed by atoms with E-state index in [4.69, 9.17) is 16.3 Å². The highest BCUT2D eigenvalue weighted by Gasteiger charge is 2.42. The Balaban J connectivity index is 1.83. The predicted octanol–water partition coefficient (Wildman–Crippen LogP) is 3.11. The first-order valence-corrected chi connectivity index (χ1v) is 9.51. The largest absolute Gasteiger partial charge is 0.623 e. The first-order chi connectivity index (χ1) is 11.6. The van der Waals surface area contributed by atoms with Gasteiger partial charge in [0, 0.05) is 12.4 Å². The number of thiazole rings is 1. The van der Waals surface area contributed by atoms with Gasteiger partial charge in [0.05, 0.1) is 23.4 Å². The van der Waals surface area contributed by atoms with E-state index in [-0.39, 0.29) is 6.67 Å². The van der Waals surface area contributed by atoms with Crippen molar-refractivity contribution >= 4 is 38.3 Å². The molecule has 132 valence electrons. The zero-order chi connectivity index (χ0) is 17.2. The topological polar surface area (TPSA) is 68.7 Å². The summed E-state index contributed by atoms with van der Waals surface area (Å²) in [6.07, 6.45) is 0.722. The molecule has 24 heavy (non-hydrogen) atoms. The van der Waals surface area contributed by atoms with Crippen molar-refractivity contribution in [2.45, 2.75) is 26.0 Å². The minimum Gasteiger partial charge on any atom is -0.623 e. The molecule has 1 aromatic carbocycles. The molecule has 1 saturated heterocycles. The third-order valence-electron chi connectivity index (χ3n) is 4.07. The third kappa shape index (κ3) is 3.51. The van der Waals surface area contributed by atoms with Crippen LogP contribution in [0.25, 0.3) is 10.2 Å². The van der Waals surface area contributed by atoms with Gasteiger partial charge in [-0.3, -0.25) is 4.65 Å². The van der Waals surface area contributed by atoms with Gasteiger partial charge in [-0.25, -0.2) is 4.90 Å². The number of aliphatic hydroxyl groups excluding tert-OH is 1. The number of aliphatic hydroxyl groups is 1. The molecule has 2 aromatic rings. The van der Waals surface area contributed by atoms with Crippen LogP contribution in [0, 0.1) is 5.21 Å². The lowest BCUT2D eigenvalue weighted by molar-refractivity contribution is 0.0848. The molecule has 1 aromatic heterocycles. The summed E-state index contributed by atoms with van der Waals surface area (Å²) in [6, 6.07) is 5.63. The maximum absolute atomic E-state index is 13.2. The van der Waals surface area contributed by atoms with E-state index in [2.05, 4.69) is 11.9 Å². The van der Waals surface area contributed by atoms with Gasteiger partial charge in [0.15, 0.2) is 0 Å². The molecule has 1 N–H and O–H groups in total. The molecular weight excluding hydrogens is 350 g/mol. The first kappa shape index (κ1) is 17.8. The maximum Gasteiger partial charge on any atom is 0.290 e. The molecular formula is C16H22ClN3O3S. The van der Waals surface area contributed by atoms with Gasteiger partial charge in [-0.1, -0.05) is 18.3 Å². The number of fused-ring (bicyclic) bond motifs is 1. The minimum atomic E-state index is -1.02. The molecule has 1 aliphatic rings. The third-order valence-corrected chi connectivity index (χ3v) is 5.46. The molecule has 2 atom stereocenters. The Hall–Kier alpha value is -0.960. The summed E-state index contributed by atoms with van der Waals surface area (Å²) in [6.45, 7) is 3.98. The van der Waals surface area contributed by atoms with Crippen molar-refractivity contribution in [2.24, 2.45) is 0 Å². The average molecular weight is 372 g/mol. The highest BCUT2D eigenvalue weighted by Crippen LogP contribution is 2.38. The van der Waals surface area contributed by atoms with E-state index in [0.29, 0.717) is 30.7 Å². The summed E-state index contributed by atoms with van der Waals surface area (Å²) >= 11 is 7.04. The standard InChI is InChI=1S/C16H22ClN3O3S/c1-2-8-23-12-4-5-13-14(9-12)24-16(18-13)20(22)11-19(7-3-6-17)10-15(20)21/h4-5,9,15,21H,2-3,6-8,10-11H2,1H3. The van der Waals surface area contributed by atoms with Crippen molar-refractivity contribution in [1.29, 1.82) is 0 Å². The summed E-state index contributed by atoms with van der Waals surface area (Å²) in [5.41, 5.74) is 0.763. The summed E-state index contributed by atoms with van der Waals surface area (Å²) in [4.78, 5) is 6.41. The van der Waals surface area contributed by atoms with Gasteiger partial charge in [0.25, 0.3) is 5.13 Å². The monoisotopic (exact) mass is 371 g/mol. The van der Waals surface area contributed by atoms with E-state index in [0.717, 1.165) is 28.8 Å². The van der Waals surface area contributed by atoms with Crippen molar-refractivity contribution in [3.8, 4) is 5.75 Å². The lowest BCUT2D eigenvalue weighted by Gasteiger charge is -2.37. The van der Waals surface area contributed by atoms with Gasteiger partial charge in [-0.15, -0.1) is 11.6 Å². The van der Waals surface area contributed by atoms with E-state index in [1.165, 1.54) is 11.3 Å². The first-order valence-electron chi connectivity index (χ1n) is 8.16. The molecule has 2 heterocycles. The molecule has 1 aliphatic heterocycles. The van der Waals surface area contributed by atoms with Crippen molar-refractivity contribution in [3.05, 3.63) is 23.4 Å². The SMILES string of the molecule is CCCOc1ccc2nc([N+]3([O-])CN(CCCCl)CC3O)sc2c1. The van der Waals surface area contributed by atoms with Crippen molar-refractivity contribution in [2.75, 3.05) is 32.2 Å². The number of benzene rings is 1. The summed E-state index contributed by atoms with van der Waals surface area (Å²) in [5, 5.41) is 23.8. The van der Waals surface area contributed by atoms with Crippen LogP contribution in [0.15, 0.2) is 18.2 Å². The molecule has 3 rings (SSSR count). The van der Waals surface area contributed by atoms with E-state index in [1.807, 2.05) is 23.1 Å².